The van der Waals surface area contributed by atoms with Crippen LogP contribution < -0.4 is 0 Å². The molecule has 1 atom stereocenters. The summed E-state index contributed by atoms with van der Waals surface area (Å²) in [7, 11) is 0.0792. The molecule has 0 saturated heterocycles. The fourth-order valence-electron chi connectivity index (χ4n) is 2.34. The highest BCUT2D eigenvalue weighted by Crippen LogP contribution is 2.43. The van der Waals surface area contributed by atoms with E-state index in [-0.39, 0.29) is 7.53 Å². The molecule has 0 spiro atoms. The zero-order valence-electron chi connectivity index (χ0n) is 9.57. The summed E-state index contributed by atoms with van der Waals surface area (Å²) in [5.41, 5.74) is 3.36. The van der Waals surface area contributed by atoms with Crippen molar-refractivity contribution in [3.63, 3.8) is 0 Å². The first-order valence-electron chi connectivity index (χ1n) is 5.33. The van der Waals surface area contributed by atoms with Crippen LogP contribution in [0, 0.1) is 6.92 Å². The van der Waals surface area contributed by atoms with E-state index >= 15 is 0 Å². The van der Waals surface area contributed by atoms with Gasteiger partial charge in [-0.05, 0) is 54.6 Å². The number of hydrogen-bond donors (Lipinski definition) is 0. The van der Waals surface area contributed by atoms with Crippen molar-refractivity contribution in [3.8, 4) is 0 Å². The Labute approximate surface area is 83.4 Å². The van der Waals surface area contributed by atoms with Crippen LogP contribution in [-0.4, -0.2) is 0 Å². The Bertz CT molecular complexity index is 267. The van der Waals surface area contributed by atoms with Gasteiger partial charge in [0.15, 0.2) is 0 Å². The molecule has 1 aromatic rings. The van der Waals surface area contributed by atoms with E-state index < -0.39 is 0 Å². The molecular weight excluding hydrogens is 175 g/mol. The van der Waals surface area contributed by atoms with E-state index in [9.17, 15) is 0 Å². The minimum Gasteiger partial charge on any atom is -0.121 e. The first-order chi connectivity index (χ1) is 6.17. The van der Waals surface area contributed by atoms with E-state index in [0.29, 0.717) is 0 Å². The van der Waals surface area contributed by atoms with Crippen molar-refractivity contribution in [2.45, 2.75) is 47.0 Å². The molecule has 1 rings (SSSR count). The van der Waals surface area contributed by atoms with Crippen LogP contribution in [0.25, 0.3) is 0 Å². The molecule has 0 N–H and O–H groups in total. The number of hydrogen-bond acceptors (Lipinski definition) is 0. The lowest BCUT2D eigenvalue weighted by molar-refractivity contribution is 1.01. The summed E-state index contributed by atoms with van der Waals surface area (Å²) in [5, 5.41) is 3.44. The van der Waals surface area contributed by atoms with E-state index in [0.717, 1.165) is 0 Å². The van der Waals surface area contributed by atoms with Crippen molar-refractivity contribution in [1.29, 1.82) is 0 Å². The lowest BCUT2D eigenvalue weighted by Crippen LogP contribution is -1.90. The smallest absolute Gasteiger partial charge is 0.0252 e. The van der Waals surface area contributed by atoms with E-state index in [2.05, 4.69) is 34.4 Å². The first kappa shape index (κ1) is 10.9. The molecule has 74 valence electrons. The van der Waals surface area contributed by atoms with Crippen LogP contribution in [-0.2, 0) is 25.9 Å². The van der Waals surface area contributed by atoms with Crippen LogP contribution in [0.15, 0.2) is 0 Å². The van der Waals surface area contributed by atoms with Gasteiger partial charge < -0.3 is 0 Å². The predicted molar refractivity (Wildman–Crippen MR) is 63.0 cm³/mol. The average Bonchev–Trinajstić information content (AvgIpc) is 2.38. The van der Waals surface area contributed by atoms with E-state index in [1.807, 2.05) is 0 Å². The van der Waals surface area contributed by atoms with E-state index in [1.54, 1.807) is 21.7 Å². The minimum atomic E-state index is 0.0792. The van der Waals surface area contributed by atoms with Crippen molar-refractivity contribution in [2.75, 3.05) is 0 Å². The maximum Gasteiger partial charge on any atom is -0.0252 e. The highest BCUT2D eigenvalue weighted by atomic mass is 31.1. The maximum absolute atomic E-state index is 2.42. The lowest BCUT2D eigenvalue weighted by Gasteiger charge is -2.02. The maximum atomic E-state index is 2.42. The third kappa shape index (κ3) is 1.70. The molecular formula is C12H21P. The number of rotatable bonds is 3. The summed E-state index contributed by atoms with van der Waals surface area (Å²) in [5.74, 6) is 0. The van der Waals surface area contributed by atoms with Gasteiger partial charge in [0.2, 0.25) is 0 Å². The second-order valence-corrected chi connectivity index (χ2v) is 5.94. The Kier molecular flexibility index (Phi) is 3.62. The molecule has 1 heterocycles. The third-order valence-electron chi connectivity index (χ3n) is 3.10. The van der Waals surface area contributed by atoms with Gasteiger partial charge in [-0.25, -0.2) is 0 Å². The van der Waals surface area contributed by atoms with Crippen LogP contribution >= 0.6 is 7.53 Å². The molecule has 1 unspecified atom stereocenters. The molecule has 0 fully saturated rings. The van der Waals surface area contributed by atoms with Crippen molar-refractivity contribution >= 4 is 7.53 Å². The topological polar surface area (TPSA) is 0 Å². The predicted octanol–water partition coefficient (Wildman–Crippen LogP) is 4.21. The summed E-state index contributed by atoms with van der Waals surface area (Å²) in [6.45, 7) is 11.6. The van der Waals surface area contributed by atoms with Crippen molar-refractivity contribution in [2.24, 2.45) is 6.66 Å². The second-order valence-electron chi connectivity index (χ2n) is 3.61. The fourth-order valence-corrected chi connectivity index (χ4v) is 4.61. The highest BCUT2D eigenvalue weighted by Gasteiger charge is 2.13. The van der Waals surface area contributed by atoms with Crippen LogP contribution in [0.5, 0.6) is 0 Å². The van der Waals surface area contributed by atoms with Crippen molar-refractivity contribution in [1.82, 2.24) is 0 Å². The largest absolute Gasteiger partial charge is 0.121 e. The molecule has 0 aliphatic carbocycles. The van der Waals surface area contributed by atoms with E-state index in [4.69, 9.17) is 0 Å². The normalized spacial score (nSPS) is 12.2. The molecule has 0 aliphatic heterocycles. The molecule has 0 radical (unpaired) electrons. The lowest BCUT2D eigenvalue weighted by atomic mass is 10.0. The molecule has 0 bridgehead atoms. The summed E-state index contributed by atoms with van der Waals surface area (Å²) in [6, 6.07) is 0. The van der Waals surface area contributed by atoms with Gasteiger partial charge in [0.25, 0.3) is 0 Å². The molecule has 13 heavy (non-hydrogen) atoms. The molecule has 1 heteroatoms. The van der Waals surface area contributed by atoms with Crippen LogP contribution in [0.2, 0.25) is 0 Å². The Morgan fingerprint density at radius 3 is 1.85 bits per heavy atom. The standard InChI is InChI=1S/C12H21P/c1-6-10-9(4)13(5)12(8-3)11(10)7-2/h6-8H2,1-5H3. The van der Waals surface area contributed by atoms with Gasteiger partial charge in [0.1, 0.15) is 0 Å². The minimum absolute atomic E-state index is 0.0792. The monoisotopic (exact) mass is 196 g/mol. The third-order valence-corrected chi connectivity index (χ3v) is 5.77. The molecule has 0 saturated carbocycles. The Morgan fingerprint density at radius 1 is 0.923 bits per heavy atom. The van der Waals surface area contributed by atoms with Gasteiger partial charge >= 0.3 is 0 Å². The Morgan fingerprint density at radius 2 is 1.46 bits per heavy atom. The van der Waals surface area contributed by atoms with Gasteiger partial charge in [-0.15, -0.1) is 7.53 Å². The van der Waals surface area contributed by atoms with Gasteiger partial charge in [0, 0.05) is 0 Å². The first-order valence-corrected chi connectivity index (χ1v) is 7.12. The summed E-state index contributed by atoms with van der Waals surface area (Å²) in [6.07, 6.45) is 3.72. The zero-order valence-corrected chi connectivity index (χ0v) is 10.5. The zero-order chi connectivity index (χ0) is 10.0. The summed E-state index contributed by atoms with van der Waals surface area (Å²) < 4.78 is 0. The van der Waals surface area contributed by atoms with E-state index in [1.165, 1.54) is 19.3 Å². The molecule has 1 aromatic heterocycles. The van der Waals surface area contributed by atoms with Crippen molar-refractivity contribution < 1.29 is 0 Å². The Balaban J connectivity index is 3.34. The molecule has 0 amide bonds. The molecule has 0 aromatic carbocycles. The van der Waals surface area contributed by atoms with Crippen LogP contribution in [0.3, 0.4) is 0 Å². The van der Waals surface area contributed by atoms with Gasteiger partial charge in [-0.2, -0.15) is 0 Å². The highest BCUT2D eigenvalue weighted by molar-refractivity contribution is 7.49. The Hall–Kier alpha value is -0.220. The second kappa shape index (κ2) is 4.33. The van der Waals surface area contributed by atoms with Crippen LogP contribution in [0.1, 0.15) is 42.5 Å². The quantitative estimate of drug-likeness (QED) is 0.679. The summed E-state index contributed by atoms with van der Waals surface area (Å²) >= 11 is 0. The van der Waals surface area contributed by atoms with Gasteiger partial charge in [0.05, 0.1) is 0 Å². The SMILES string of the molecule is CCc1c(CC)c(CC)p(C)c1C. The molecule has 0 aliphatic rings. The summed E-state index contributed by atoms with van der Waals surface area (Å²) in [4.78, 5) is 0. The van der Waals surface area contributed by atoms with Gasteiger partial charge in [-0.3, -0.25) is 0 Å². The van der Waals surface area contributed by atoms with Crippen molar-refractivity contribution in [3.05, 3.63) is 21.7 Å². The molecule has 0 nitrogen and oxygen atoms in total. The van der Waals surface area contributed by atoms with Crippen LogP contribution in [0.4, 0.5) is 0 Å². The van der Waals surface area contributed by atoms with Gasteiger partial charge in [-0.1, -0.05) is 20.8 Å². The average molecular weight is 196 g/mol. The fraction of sp³-hybridized carbons (Fsp3) is 0.667.